The molecule has 0 radical (unpaired) electrons. The summed E-state index contributed by atoms with van der Waals surface area (Å²) < 4.78 is 9.01. The Morgan fingerprint density at radius 3 is 2.70 bits per heavy atom. The molecule has 0 spiro atoms. The van der Waals surface area contributed by atoms with E-state index in [1.54, 1.807) is 0 Å². The maximum Gasteiger partial charge on any atom is 0.508 e. The van der Waals surface area contributed by atoms with E-state index < -0.39 is 11.8 Å². The van der Waals surface area contributed by atoms with Crippen LogP contribution in [0.15, 0.2) is 0 Å². The fourth-order valence-electron chi connectivity index (χ4n) is 2.51. The summed E-state index contributed by atoms with van der Waals surface area (Å²) in [5.74, 6) is 5.83. The molecule has 1 saturated carbocycles. The first-order valence-corrected chi connectivity index (χ1v) is 7.55. The predicted octanol–water partition coefficient (Wildman–Crippen LogP) is 3.27. The topological polar surface area (TPSA) is 55.8 Å². The third-order valence-electron chi connectivity index (χ3n) is 3.94. The first kappa shape index (κ1) is 16.8. The largest absolute Gasteiger partial charge is 0.508 e. The Morgan fingerprint density at radius 2 is 2.10 bits per heavy atom. The molecule has 0 saturated heterocycles. The van der Waals surface area contributed by atoms with E-state index in [1.807, 2.05) is 0 Å². The number of methoxy groups -OCH3 is 1. The summed E-state index contributed by atoms with van der Waals surface area (Å²) in [6.07, 6.45) is 8.26. The van der Waals surface area contributed by atoms with Gasteiger partial charge in [-0.3, -0.25) is 0 Å². The molecule has 20 heavy (non-hydrogen) atoms. The van der Waals surface area contributed by atoms with Gasteiger partial charge < -0.3 is 14.6 Å². The van der Waals surface area contributed by atoms with Crippen LogP contribution in [0.1, 0.15) is 58.3 Å². The van der Waals surface area contributed by atoms with Gasteiger partial charge in [-0.15, -0.1) is 0 Å². The molecule has 0 bridgehead atoms. The summed E-state index contributed by atoms with van der Waals surface area (Å²) in [5.41, 5.74) is -0.871. The Bertz CT molecular complexity index is 355. The molecule has 0 aliphatic heterocycles. The summed E-state index contributed by atoms with van der Waals surface area (Å²) in [7, 11) is 1.25. The van der Waals surface area contributed by atoms with Gasteiger partial charge in [-0.1, -0.05) is 50.9 Å². The van der Waals surface area contributed by atoms with Gasteiger partial charge in [-0.05, 0) is 25.2 Å². The predicted molar refractivity (Wildman–Crippen MR) is 77.2 cm³/mol. The summed E-state index contributed by atoms with van der Waals surface area (Å²) in [5, 5.41) is 10.3. The maximum atomic E-state index is 10.7. The van der Waals surface area contributed by atoms with Gasteiger partial charge in [0.25, 0.3) is 0 Å². The van der Waals surface area contributed by atoms with E-state index in [0.29, 0.717) is 0 Å². The van der Waals surface area contributed by atoms with Crippen LogP contribution >= 0.6 is 0 Å². The Hall–Kier alpha value is -1.21. The molecule has 0 aromatic heterocycles. The fourth-order valence-corrected chi connectivity index (χ4v) is 2.51. The minimum absolute atomic E-state index is 0.0296. The van der Waals surface area contributed by atoms with Gasteiger partial charge in [0.2, 0.25) is 0 Å². The van der Waals surface area contributed by atoms with Gasteiger partial charge >= 0.3 is 6.16 Å². The number of ether oxygens (including phenoxy) is 2. The second-order valence-corrected chi connectivity index (χ2v) is 5.41. The fraction of sp³-hybridized carbons (Fsp3) is 0.812. The van der Waals surface area contributed by atoms with Crippen molar-refractivity contribution in [2.45, 2.75) is 63.9 Å². The molecule has 1 aliphatic carbocycles. The zero-order chi connectivity index (χ0) is 14.8. The minimum atomic E-state index is -0.871. The zero-order valence-corrected chi connectivity index (χ0v) is 12.6. The third-order valence-corrected chi connectivity index (χ3v) is 3.94. The van der Waals surface area contributed by atoms with Crippen molar-refractivity contribution < 1.29 is 19.4 Å². The van der Waals surface area contributed by atoms with E-state index in [4.69, 9.17) is 0 Å². The van der Waals surface area contributed by atoms with E-state index >= 15 is 0 Å². The summed E-state index contributed by atoms with van der Waals surface area (Å²) in [4.78, 5) is 10.7. The van der Waals surface area contributed by atoms with Crippen LogP contribution in [0, 0.1) is 17.8 Å². The quantitative estimate of drug-likeness (QED) is 0.442. The molecular weight excluding hydrogens is 256 g/mol. The van der Waals surface area contributed by atoms with Crippen molar-refractivity contribution in [2.24, 2.45) is 5.92 Å². The molecule has 4 nitrogen and oxygen atoms in total. The Labute approximate surface area is 121 Å². The van der Waals surface area contributed by atoms with Crippen LogP contribution in [0.4, 0.5) is 4.79 Å². The molecule has 1 rings (SSSR count). The zero-order valence-electron chi connectivity index (χ0n) is 12.6. The Balaban J connectivity index is 2.23. The van der Waals surface area contributed by atoms with E-state index in [-0.39, 0.29) is 12.5 Å². The average Bonchev–Trinajstić information content (AvgIpc) is 2.45. The van der Waals surface area contributed by atoms with Gasteiger partial charge in [0.1, 0.15) is 5.60 Å². The molecule has 1 N–H and O–H groups in total. The molecular formula is C16H26O4. The highest BCUT2D eigenvalue weighted by Crippen LogP contribution is 2.41. The summed E-state index contributed by atoms with van der Waals surface area (Å²) in [6, 6.07) is 0. The van der Waals surface area contributed by atoms with Gasteiger partial charge in [0.15, 0.2) is 6.61 Å². The summed E-state index contributed by atoms with van der Waals surface area (Å²) in [6.45, 7) is 2.18. The summed E-state index contributed by atoms with van der Waals surface area (Å²) >= 11 is 0. The Morgan fingerprint density at radius 1 is 1.35 bits per heavy atom. The number of hydrogen-bond acceptors (Lipinski definition) is 4. The monoisotopic (exact) mass is 282 g/mol. The molecule has 0 aromatic carbocycles. The number of carbonyl (C=O) groups is 1. The van der Waals surface area contributed by atoms with Gasteiger partial charge in [0, 0.05) is 0 Å². The third kappa shape index (κ3) is 5.42. The maximum absolute atomic E-state index is 10.7. The highest BCUT2D eigenvalue weighted by atomic mass is 16.7. The van der Waals surface area contributed by atoms with Crippen LogP contribution in [0.2, 0.25) is 0 Å². The normalized spacial score (nSPS) is 24.2. The number of unbranched alkanes of at least 4 members (excludes halogenated alkanes) is 4. The van der Waals surface area contributed by atoms with Crippen molar-refractivity contribution in [1.29, 1.82) is 0 Å². The number of hydrogen-bond donors (Lipinski definition) is 1. The average molecular weight is 282 g/mol. The number of carbonyl (C=O) groups excluding carboxylic acids is 1. The van der Waals surface area contributed by atoms with E-state index in [2.05, 4.69) is 28.2 Å². The highest BCUT2D eigenvalue weighted by molar-refractivity contribution is 5.59. The van der Waals surface area contributed by atoms with E-state index in [1.165, 1.54) is 32.8 Å². The SMILES string of the molecule is CCCCCCC[C@H]1CC[C@@]1(O)C#CCOC(=O)OC. The molecule has 0 heterocycles. The number of rotatable bonds is 7. The first-order chi connectivity index (χ1) is 9.62. The second-order valence-electron chi connectivity index (χ2n) is 5.41. The van der Waals surface area contributed by atoms with Crippen LogP contribution in [-0.4, -0.2) is 30.6 Å². The van der Waals surface area contributed by atoms with E-state index in [0.717, 1.165) is 25.7 Å². The van der Waals surface area contributed by atoms with Crippen LogP contribution < -0.4 is 0 Å². The molecule has 114 valence electrons. The Kier molecular flexibility index (Phi) is 7.46. The van der Waals surface area contributed by atoms with Crippen LogP contribution in [0.25, 0.3) is 0 Å². The standard InChI is InChI=1S/C16H26O4/c1-3-4-5-6-7-9-14-10-12-16(14,18)11-8-13-20-15(17)19-2/h14,18H,3-7,9-10,12-13H2,1-2H3/t14-,16-/m0/s1. The van der Waals surface area contributed by atoms with E-state index in [9.17, 15) is 9.90 Å². The van der Waals surface area contributed by atoms with Crippen molar-refractivity contribution in [1.82, 2.24) is 0 Å². The van der Waals surface area contributed by atoms with Crippen molar-refractivity contribution in [3.8, 4) is 11.8 Å². The van der Waals surface area contributed by atoms with Crippen LogP contribution in [0.5, 0.6) is 0 Å². The molecule has 1 fully saturated rings. The van der Waals surface area contributed by atoms with Crippen molar-refractivity contribution >= 4 is 6.16 Å². The molecule has 0 aromatic rings. The molecule has 2 atom stereocenters. The lowest BCUT2D eigenvalue weighted by Crippen LogP contribution is -2.45. The first-order valence-electron chi connectivity index (χ1n) is 7.55. The van der Waals surface area contributed by atoms with Crippen molar-refractivity contribution in [3.63, 3.8) is 0 Å². The lowest BCUT2D eigenvalue weighted by molar-refractivity contribution is -0.0473. The van der Waals surface area contributed by atoms with Gasteiger partial charge in [-0.25, -0.2) is 4.79 Å². The second kappa shape index (κ2) is 8.86. The van der Waals surface area contributed by atoms with Crippen molar-refractivity contribution in [2.75, 3.05) is 13.7 Å². The lowest BCUT2D eigenvalue weighted by Gasteiger charge is -2.41. The molecule has 4 heteroatoms. The van der Waals surface area contributed by atoms with Gasteiger partial charge in [-0.2, -0.15) is 0 Å². The highest BCUT2D eigenvalue weighted by Gasteiger charge is 2.43. The minimum Gasteiger partial charge on any atom is -0.438 e. The van der Waals surface area contributed by atoms with Crippen LogP contribution in [0.3, 0.4) is 0 Å². The van der Waals surface area contributed by atoms with Crippen molar-refractivity contribution in [3.05, 3.63) is 0 Å². The molecule has 1 aliphatic rings. The van der Waals surface area contributed by atoms with Crippen LogP contribution in [-0.2, 0) is 9.47 Å². The smallest absolute Gasteiger partial charge is 0.438 e. The lowest BCUT2D eigenvalue weighted by atomic mass is 9.67. The molecule has 0 unspecified atom stereocenters. The number of aliphatic hydroxyl groups is 1. The van der Waals surface area contributed by atoms with Gasteiger partial charge in [0.05, 0.1) is 7.11 Å². The molecule has 0 amide bonds.